The minimum atomic E-state index is 0.414. The maximum atomic E-state index is 6.37. The molecule has 5 heteroatoms. The zero-order valence-corrected chi connectivity index (χ0v) is 16.0. The van der Waals surface area contributed by atoms with Gasteiger partial charge in [-0.1, -0.05) is 29.8 Å². The molecule has 1 saturated heterocycles. The first kappa shape index (κ1) is 18.7. The third-order valence-electron chi connectivity index (χ3n) is 4.77. The molecule has 2 aromatic rings. The second kappa shape index (κ2) is 9.06. The van der Waals surface area contributed by atoms with E-state index in [1.807, 2.05) is 30.5 Å². The first-order chi connectivity index (χ1) is 12.7. The van der Waals surface area contributed by atoms with Crippen LogP contribution in [0.3, 0.4) is 0 Å². The monoisotopic (exact) mass is 371 g/mol. The summed E-state index contributed by atoms with van der Waals surface area (Å²) >= 11 is 6.37. The number of nitrogens with one attached hydrogen (secondary N) is 1. The number of ether oxygens (including phenoxy) is 1. The van der Waals surface area contributed by atoms with E-state index in [1.165, 1.54) is 5.56 Å². The number of benzene rings is 1. The number of piperidine rings is 1. The maximum Gasteiger partial charge on any atom is 0.144 e. The van der Waals surface area contributed by atoms with Crippen LogP contribution in [-0.2, 0) is 13.0 Å². The SMILES string of the molecule is C=CCc1cnc(NC2CCN(Cc3ccc(OC)cc3)CC2)c(Cl)c1. The lowest BCUT2D eigenvalue weighted by Crippen LogP contribution is -2.38. The number of aromatic nitrogens is 1. The van der Waals surface area contributed by atoms with Crippen LogP contribution >= 0.6 is 11.6 Å². The number of halogens is 1. The Morgan fingerprint density at radius 3 is 2.62 bits per heavy atom. The quantitative estimate of drug-likeness (QED) is 0.724. The van der Waals surface area contributed by atoms with Crippen LogP contribution < -0.4 is 10.1 Å². The van der Waals surface area contributed by atoms with E-state index in [2.05, 4.69) is 33.9 Å². The van der Waals surface area contributed by atoms with Crippen molar-refractivity contribution in [3.05, 3.63) is 65.3 Å². The Bertz CT molecular complexity index is 725. The zero-order valence-electron chi connectivity index (χ0n) is 15.2. The summed E-state index contributed by atoms with van der Waals surface area (Å²) in [6, 6.07) is 10.7. The van der Waals surface area contributed by atoms with Crippen molar-refractivity contribution in [3.63, 3.8) is 0 Å². The van der Waals surface area contributed by atoms with Gasteiger partial charge in [-0.15, -0.1) is 6.58 Å². The number of likely N-dealkylation sites (tertiary alicyclic amines) is 1. The standard InChI is InChI=1S/C21H26ClN3O/c1-3-4-17-13-20(22)21(23-14-17)24-18-9-11-25(12-10-18)15-16-5-7-19(26-2)8-6-16/h3,5-8,13-14,18H,1,4,9-12,15H2,2H3,(H,23,24). The minimum absolute atomic E-state index is 0.414. The molecule has 1 fully saturated rings. The second-order valence-corrected chi connectivity index (χ2v) is 7.12. The molecule has 1 aliphatic heterocycles. The van der Waals surface area contributed by atoms with E-state index in [9.17, 15) is 0 Å². The molecule has 0 atom stereocenters. The van der Waals surface area contributed by atoms with Gasteiger partial charge in [0.1, 0.15) is 11.6 Å². The zero-order chi connectivity index (χ0) is 18.4. The van der Waals surface area contributed by atoms with E-state index in [0.29, 0.717) is 11.1 Å². The van der Waals surface area contributed by atoms with Gasteiger partial charge in [-0.2, -0.15) is 0 Å². The Morgan fingerprint density at radius 2 is 2.00 bits per heavy atom. The first-order valence-electron chi connectivity index (χ1n) is 9.05. The molecule has 0 saturated carbocycles. The number of nitrogens with zero attached hydrogens (tertiary/aromatic N) is 2. The normalized spacial score (nSPS) is 15.6. The van der Waals surface area contributed by atoms with Crippen molar-refractivity contribution in [2.24, 2.45) is 0 Å². The Labute approximate surface area is 160 Å². The third-order valence-corrected chi connectivity index (χ3v) is 5.06. The third kappa shape index (κ3) is 4.99. The van der Waals surface area contributed by atoms with Crippen LogP contribution in [0.5, 0.6) is 5.75 Å². The lowest BCUT2D eigenvalue weighted by Gasteiger charge is -2.32. The Balaban J connectivity index is 1.49. The minimum Gasteiger partial charge on any atom is -0.497 e. The molecule has 4 nitrogen and oxygen atoms in total. The van der Waals surface area contributed by atoms with Crippen molar-refractivity contribution < 1.29 is 4.74 Å². The molecule has 2 heterocycles. The van der Waals surface area contributed by atoms with Gasteiger partial charge in [-0.25, -0.2) is 4.98 Å². The topological polar surface area (TPSA) is 37.4 Å². The van der Waals surface area contributed by atoms with E-state index >= 15 is 0 Å². The highest BCUT2D eigenvalue weighted by Crippen LogP contribution is 2.24. The fraction of sp³-hybridized carbons (Fsp3) is 0.381. The lowest BCUT2D eigenvalue weighted by molar-refractivity contribution is 0.211. The highest BCUT2D eigenvalue weighted by atomic mass is 35.5. The van der Waals surface area contributed by atoms with Crippen molar-refractivity contribution in [1.29, 1.82) is 0 Å². The van der Waals surface area contributed by atoms with Gasteiger partial charge in [0, 0.05) is 31.9 Å². The Morgan fingerprint density at radius 1 is 1.27 bits per heavy atom. The maximum absolute atomic E-state index is 6.37. The van der Waals surface area contributed by atoms with Gasteiger partial charge in [-0.3, -0.25) is 4.90 Å². The summed E-state index contributed by atoms with van der Waals surface area (Å²) in [5.41, 5.74) is 2.41. The summed E-state index contributed by atoms with van der Waals surface area (Å²) in [6.07, 6.45) is 6.69. The van der Waals surface area contributed by atoms with Crippen LogP contribution in [0, 0.1) is 0 Å². The van der Waals surface area contributed by atoms with Gasteiger partial charge in [0.25, 0.3) is 0 Å². The summed E-state index contributed by atoms with van der Waals surface area (Å²) in [4.78, 5) is 6.97. The fourth-order valence-corrected chi connectivity index (χ4v) is 3.52. The van der Waals surface area contributed by atoms with E-state index in [1.54, 1.807) is 7.11 Å². The van der Waals surface area contributed by atoms with Crippen molar-refractivity contribution in [3.8, 4) is 5.75 Å². The van der Waals surface area contributed by atoms with Crippen LogP contribution in [0.25, 0.3) is 0 Å². The van der Waals surface area contributed by atoms with Crippen LogP contribution in [0.15, 0.2) is 49.2 Å². The summed E-state index contributed by atoms with van der Waals surface area (Å²) < 4.78 is 5.22. The van der Waals surface area contributed by atoms with E-state index in [4.69, 9.17) is 16.3 Å². The second-order valence-electron chi connectivity index (χ2n) is 6.71. The molecular formula is C21H26ClN3O. The molecule has 1 aromatic carbocycles. The van der Waals surface area contributed by atoms with Crippen LogP contribution in [0.4, 0.5) is 5.82 Å². The number of hydrogen-bond acceptors (Lipinski definition) is 4. The lowest BCUT2D eigenvalue weighted by atomic mass is 10.0. The number of allylic oxidation sites excluding steroid dienone is 1. The first-order valence-corrected chi connectivity index (χ1v) is 9.43. The van der Waals surface area contributed by atoms with E-state index < -0.39 is 0 Å². The summed E-state index contributed by atoms with van der Waals surface area (Å²) in [5, 5.41) is 4.19. The average molecular weight is 372 g/mol. The highest BCUT2D eigenvalue weighted by Gasteiger charge is 2.20. The molecular weight excluding hydrogens is 346 g/mol. The molecule has 0 bridgehead atoms. The molecule has 1 aliphatic rings. The van der Waals surface area contributed by atoms with Gasteiger partial charge >= 0.3 is 0 Å². The van der Waals surface area contributed by atoms with Gasteiger partial charge in [0.15, 0.2) is 0 Å². The molecule has 26 heavy (non-hydrogen) atoms. The van der Waals surface area contributed by atoms with Crippen molar-refractivity contribution in [2.75, 3.05) is 25.5 Å². The van der Waals surface area contributed by atoms with Crippen molar-refractivity contribution >= 4 is 17.4 Å². The van der Waals surface area contributed by atoms with Crippen LogP contribution in [0.2, 0.25) is 5.02 Å². The van der Waals surface area contributed by atoms with Gasteiger partial charge in [0.05, 0.1) is 12.1 Å². The van der Waals surface area contributed by atoms with Gasteiger partial charge in [0.2, 0.25) is 0 Å². The van der Waals surface area contributed by atoms with Crippen molar-refractivity contribution in [1.82, 2.24) is 9.88 Å². The largest absolute Gasteiger partial charge is 0.497 e. The number of methoxy groups -OCH3 is 1. The number of hydrogen-bond donors (Lipinski definition) is 1. The van der Waals surface area contributed by atoms with E-state index in [-0.39, 0.29) is 0 Å². The molecule has 3 rings (SSSR count). The van der Waals surface area contributed by atoms with Gasteiger partial charge < -0.3 is 10.1 Å². The molecule has 138 valence electrons. The number of anilines is 1. The smallest absolute Gasteiger partial charge is 0.144 e. The molecule has 1 aromatic heterocycles. The van der Waals surface area contributed by atoms with Crippen LogP contribution in [0.1, 0.15) is 24.0 Å². The van der Waals surface area contributed by atoms with E-state index in [0.717, 1.165) is 56.0 Å². The Hall–Kier alpha value is -2.04. The van der Waals surface area contributed by atoms with Gasteiger partial charge in [-0.05, 0) is 48.6 Å². The summed E-state index contributed by atoms with van der Waals surface area (Å²) in [7, 11) is 1.70. The predicted octanol–water partition coefficient (Wildman–Crippen LogP) is 4.55. The Kier molecular flexibility index (Phi) is 6.53. The summed E-state index contributed by atoms with van der Waals surface area (Å²) in [5.74, 6) is 1.69. The number of pyridine rings is 1. The fourth-order valence-electron chi connectivity index (χ4n) is 3.28. The molecule has 0 amide bonds. The molecule has 0 unspecified atom stereocenters. The molecule has 0 radical (unpaired) electrons. The number of rotatable bonds is 7. The molecule has 0 spiro atoms. The average Bonchev–Trinajstić information content (AvgIpc) is 2.66. The van der Waals surface area contributed by atoms with Crippen LogP contribution in [-0.4, -0.2) is 36.1 Å². The predicted molar refractivity (Wildman–Crippen MR) is 108 cm³/mol. The highest BCUT2D eigenvalue weighted by molar-refractivity contribution is 6.32. The summed E-state index contributed by atoms with van der Waals surface area (Å²) in [6.45, 7) is 6.86. The van der Waals surface area contributed by atoms with Crippen molar-refractivity contribution in [2.45, 2.75) is 31.8 Å². The molecule has 1 N–H and O–H groups in total. The molecule has 0 aliphatic carbocycles.